The van der Waals surface area contributed by atoms with Crippen molar-refractivity contribution in [3.05, 3.63) is 65.2 Å². The summed E-state index contributed by atoms with van der Waals surface area (Å²) in [4.78, 5) is 2.79. The highest BCUT2D eigenvalue weighted by Crippen LogP contribution is 2.18. The van der Waals surface area contributed by atoms with Gasteiger partial charge in [0.1, 0.15) is 0 Å². The first kappa shape index (κ1) is 18.1. The van der Waals surface area contributed by atoms with E-state index in [1.807, 2.05) is 19.1 Å². The smallest absolute Gasteiger partial charge is 0.240 e. The van der Waals surface area contributed by atoms with E-state index < -0.39 is 10.0 Å². The van der Waals surface area contributed by atoms with E-state index >= 15 is 0 Å². The summed E-state index contributed by atoms with van der Waals surface area (Å²) in [6.07, 6.45) is 2.96. The molecular weight excluding hydrogens is 332 g/mol. The Morgan fingerprint density at radius 1 is 1.00 bits per heavy atom. The van der Waals surface area contributed by atoms with Gasteiger partial charge >= 0.3 is 0 Å². The number of rotatable bonds is 7. The van der Waals surface area contributed by atoms with E-state index in [-0.39, 0.29) is 0 Å². The van der Waals surface area contributed by atoms with Gasteiger partial charge in [-0.3, -0.25) is 4.90 Å². The summed E-state index contributed by atoms with van der Waals surface area (Å²) in [6, 6.07) is 15.6. The van der Waals surface area contributed by atoms with E-state index in [1.165, 1.54) is 11.1 Å². The number of aryl methyl sites for hydroxylation is 1. The van der Waals surface area contributed by atoms with E-state index in [0.29, 0.717) is 11.4 Å². The molecule has 5 heteroatoms. The predicted molar refractivity (Wildman–Crippen MR) is 101 cm³/mol. The van der Waals surface area contributed by atoms with Gasteiger partial charge in [-0.1, -0.05) is 42.0 Å². The Morgan fingerprint density at radius 3 is 2.48 bits per heavy atom. The van der Waals surface area contributed by atoms with Crippen LogP contribution in [0.3, 0.4) is 0 Å². The van der Waals surface area contributed by atoms with Crippen molar-refractivity contribution in [3.63, 3.8) is 0 Å². The molecule has 3 rings (SSSR count). The lowest BCUT2D eigenvalue weighted by Gasteiger charge is -2.28. The number of nitrogens with one attached hydrogen (secondary N) is 1. The SMILES string of the molecule is Cc1ccc(S(=O)(=O)NCCCCN2CCc3ccccc3C2)cc1. The van der Waals surface area contributed by atoms with Crippen LogP contribution in [-0.2, 0) is 23.0 Å². The molecule has 1 N–H and O–H groups in total. The van der Waals surface area contributed by atoms with Crippen LogP contribution in [0.1, 0.15) is 29.5 Å². The van der Waals surface area contributed by atoms with Crippen LogP contribution in [0.5, 0.6) is 0 Å². The average molecular weight is 359 g/mol. The molecule has 0 amide bonds. The Hall–Kier alpha value is -1.69. The Kier molecular flexibility index (Phi) is 5.89. The molecule has 0 aromatic heterocycles. The molecule has 4 nitrogen and oxygen atoms in total. The lowest BCUT2D eigenvalue weighted by molar-refractivity contribution is 0.249. The molecular formula is C20H26N2O2S. The largest absolute Gasteiger partial charge is 0.299 e. The molecule has 0 bridgehead atoms. The molecule has 1 aliphatic rings. The maximum atomic E-state index is 12.2. The molecule has 2 aromatic rings. The fraction of sp³-hybridized carbons (Fsp3) is 0.400. The van der Waals surface area contributed by atoms with E-state index in [9.17, 15) is 8.42 Å². The van der Waals surface area contributed by atoms with Crippen molar-refractivity contribution in [2.45, 2.75) is 37.6 Å². The molecule has 0 fully saturated rings. The first-order chi connectivity index (χ1) is 12.0. The monoisotopic (exact) mass is 358 g/mol. The first-order valence-corrected chi connectivity index (χ1v) is 10.4. The fourth-order valence-electron chi connectivity index (χ4n) is 3.21. The summed E-state index contributed by atoms with van der Waals surface area (Å²) in [6.45, 7) is 5.54. The zero-order valence-corrected chi connectivity index (χ0v) is 15.6. The Morgan fingerprint density at radius 2 is 1.72 bits per heavy atom. The van der Waals surface area contributed by atoms with Crippen molar-refractivity contribution in [1.29, 1.82) is 0 Å². The highest BCUT2D eigenvalue weighted by atomic mass is 32.2. The van der Waals surface area contributed by atoms with E-state index in [4.69, 9.17) is 0 Å². The third-order valence-electron chi connectivity index (χ3n) is 4.73. The minimum Gasteiger partial charge on any atom is -0.299 e. The number of hydrogen-bond acceptors (Lipinski definition) is 3. The van der Waals surface area contributed by atoms with Gasteiger partial charge in [-0.15, -0.1) is 0 Å². The third-order valence-corrected chi connectivity index (χ3v) is 6.21. The summed E-state index contributed by atoms with van der Waals surface area (Å²) < 4.78 is 27.1. The van der Waals surface area contributed by atoms with Gasteiger partial charge in [-0.25, -0.2) is 13.1 Å². The number of sulfonamides is 1. The van der Waals surface area contributed by atoms with Crippen LogP contribution in [0.2, 0.25) is 0 Å². The standard InChI is InChI=1S/C20H26N2O2S/c1-17-8-10-20(11-9-17)25(23,24)21-13-4-5-14-22-15-12-18-6-2-3-7-19(18)16-22/h2-3,6-11,21H,4-5,12-16H2,1H3. The topological polar surface area (TPSA) is 49.4 Å². The normalized spacial score (nSPS) is 15.1. The van der Waals surface area contributed by atoms with Gasteiger partial charge in [0.2, 0.25) is 10.0 Å². The van der Waals surface area contributed by atoms with Gasteiger partial charge in [-0.2, -0.15) is 0 Å². The quantitative estimate of drug-likeness (QED) is 0.774. The summed E-state index contributed by atoms with van der Waals surface area (Å²) in [5.74, 6) is 0. The van der Waals surface area contributed by atoms with Crippen LogP contribution in [0.15, 0.2) is 53.4 Å². The van der Waals surface area contributed by atoms with Crippen molar-refractivity contribution >= 4 is 10.0 Å². The van der Waals surface area contributed by atoms with Crippen LogP contribution in [-0.4, -0.2) is 33.0 Å². The van der Waals surface area contributed by atoms with E-state index in [1.54, 1.807) is 12.1 Å². The second-order valence-corrected chi connectivity index (χ2v) is 8.48. The minimum absolute atomic E-state index is 0.339. The number of unbranched alkanes of at least 4 members (excludes halogenated alkanes) is 1. The van der Waals surface area contributed by atoms with Crippen LogP contribution in [0.4, 0.5) is 0 Å². The zero-order valence-electron chi connectivity index (χ0n) is 14.7. The van der Waals surface area contributed by atoms with Gasteiger partial charge in [0, 0.05) is 19.6 Å². The Labute approximate surface area is 150 Å². The summed E-state index contributed by atoms with van der Waals surface area (Å²) in [7, 11) is -3.39. The maximum Gasteiger partial charge on any atom is 0.240 e. The predicted octanol–water partition coefficient (Wildman–Crippen LogP) is 3.11. The summed E-state index contributed by atoms with van der Waals surface area (Å²) in [5, 5.41) is 0. The number of hydrogen-bond donors (Lipinski definition) is 1. The molecule has 0 saturated heterocycles. The Balaban J connectivity index is 1.40. The second kappa shape index (κ2) is 8.13. The molecule has 25 heavy (non-hydrogen) atoms. The number of nitrogens with zero attached hydrogens (tertiary/aromatic N) is 1. The lowest BCUT2D eigenvalue weighted by atomic mass is 10.00. The molecule has 134 valence electrons. The molecule has 2 aromatic carbocycles. The minimum atomic E-state index is -3.39. The van der Waals surface area contributed by atoms with Gasteiger partial charge in [0.15, 0.2) is 0 Å². The van der Waals surface area contributed by atoms with Crippen LogP contribution in [0.25, 0.3) is 0 Å². The van der Waals surface area contributed by atoms with Gasteiger partial charge in [0.05, 0.1) is 4.90 Å². The van der Waals surface area contributed by atoms with Crippen molar-refractivity contribution in [1.82, 2.24) is 9.62 Å². The number of benzene rings is 2. The van der Waals surface area contributed by atoms with Gasteiger partial charge in [0.25, 0.3) is 0 Å². The molecule has 0 atom stereocenters. The maximum absolute atomic E-state index is 12.2. The van der Waals surface area contributed by atoms with E-state index in [2.05, 4.69) is 33.9 Å². The zero-order chi connectivity index (χ0) is 17.7. The highest BCUT2D eigenvalue weighted by molar-refractivity contribution is 7.89. The summed E-state index contributed by atoms with van der Waals surface area (Å²) in [5.41, 5.74) is 3.94. The molecule has 0 radical (unpaired) electrons. The Bertz CT molecular complexity index is 801. The van der Waals surface area contributed by atoms with Crippen LogP contribution in [0, 0.1) is 6.92 Å². The van der Waals surface area contributed by atoms with Crippen molar-refractivity contribution in [2.24, 2.45) is 0 Å². The molecule has 0 aliphatic carbocycles. The van der Waals surface area contributed by atoms with E-state index in [0.717, 1.165) is 44.5 Å². The molecule has 0 spiro atoms. The summed E-state index contributed by atoms with van der Waals surface area (Å²) >= 11 is 0. The average Bonchev–Trinajstić information content (AvgIpc) is 2.61. The first-order valence-electron chi connectivity index (χ1n) is 8.90. The second-order valence-electron chi connectivity index (χ2n) is 6.71. The van der Waals surface area contributed by atoms with Gasteiger partial charge < -0.3 is 0 Å². The molecule has 1 aliphatic heterocycles. The van der Waals surface area contributed by atoms with Gasteiger partial charge in [-0.05, 0) is 56.0 Å². The third kappa shape index (κ3) is 4.91. The fourth-order valence-corrected chi connectivity index (χ4v) is 4.29. The molecule has 0 saturated carbocycles. The van der Waals surface area contributed by atoms with Crippen LogP contribution >= 0.6 is 0 Å². The van der Waals surface area contributed by atoms with Crippen LogP contribution < -0.4 is 4.72 Å². The molecule has 1 heterocycles. The molecule has 0 unspecified atom stereocenters. The lowest BCUT2D eigenvalue weighted by Crippen LogP contribution is -2.32. The highest BCUT2D eigenvalue weighted by Gasteiger charge is 2.15. The number of fused-ring (bicyclic) bond motifs is 1. The van der Waals surface area contributed by atoms with Crippen molar-refractivity contribution in [2.75, 3.05) is 19.6 Å². The van der Waals surface area contributed by atoms with Crippen molar-refractivity contribution in [3.8, 4) is 0 Å². The van der Waals surface area contributed by atoms with Crippen molar-refractivity contribution < 1.29 is 8.42 Å².